The normalized spacial score (nSPS) is 10.8. The van der Waals surface area contributed by atoms with Crippen LogP contribution < -0.4 is 9.47 Å². The van der Waals surface area contributed by atoms with Crippen molar-refractivity contribution in [2.24, 2.45) is 0 Å². The topological polar surface area (TPSA) is 123 Å². The lowest BCUT2D eigenvalue weighted by Gasteiger charge is -2.16. The molecule has 8 nitrogen and oxygen atoms in total. The number of ether oxygens (including phenoxy) is 2. The maximum absolute atomic E-state index is 11.1. The summed E-state index contributed by atoms with van der Waals surface area (Å²) in [7, 11) is 1.50. The van der Waals surface area contributed by atoms with E-state index in [0.717, 1.165) is 5.56 Å². The van der Waals surface area contributed by atoms with Gasteiger partial charge in [-0.25, -0.2) is 4.79 Å². The van der Waals surface area contributed by atoms with Crippen LogP contribution in [0.15, 0.2) is 73.3 Å². The number of rotatable bonds is 10. The van der Waals surface area contributed by atoms with Crippen LogP contribution in [0.2, 0.25) is 0 Å². The van der Waals surface area contributed by atoms with E-state index in [1.54, 1.807) is 42.5 Å². The van der Waals surface area contributed by atoms with Gasteiger partial charge in [0.05, 0.1) is 29.2 Å². The van der Waals surface area contributed by atoms with E-state index < -0.39 is 10.9 Å². The van der Waals surface area contributed by atoms with Crippen LogP contribution in [0.25, 0.3) is 11.6 Å². The Morgan fingerprint density at radius 2 is 1.89 bits per heavy atom. The summed E-state index contributed by atoms with van der Waals surface area (Å²) in [6, 6.07) is 17.9. The zero-order chi connectivity index (χ0) is 25.4. The lowest BCUT2D eigenvalue weighted by Crippen LogP contribution is -2.02. The highest BCUT2D eigenvalue weighted by molar-refractivity contribution is 5.92. The molecule has 0 heterocycles. The summed E-state index contributed by atoms with van der Waals surface area (Å²) >= 11 is 0. The molecule has 0 atom stereocenters. The fourth-order valence-corrected chi connectivity index (χ4v) is 3.44. The molecule has 0 aliphatic heterocycles. The van der Waals surface area contributed by atoms with E-state index in [-0.39, 0.29) is 17.9 Å². The molecule has 0 saturated heterocycles. The highest BCUT2D eigenvalue weighted by atomic mass is 16.6. The van der Waals surface area contributed by atoms with Gasteiger partial charge in [0.25, 0.3) is 5.69 Å². The third-order valence-corrected chi connectivity index (χ3v) is 5.12. The first-order valence-corrected chi connectivity index (χ1v) is 10.5. The van der Waals surface area contributed by atoms with Crippen molar-refractivity contribution >= 4 is 23.3 Å². The van der Waals surface area contributed by atoms with E-state index in [1.807, 2.05) is 6.07 Å². The minimum atomic E-state index is -1.04. The zero-order valence-corrected chi connectivity index (χ0v) is 18.9. The van der Waals surface area contributed by atoms with Gasteiger partial charge in [0.15, 0.2) is 11.5 Å². The van der Waals surface area contributed by atoms with Gasteiger partial charge in [0, 0.05) is 17.7 Å². The van der Waals surface area contributed by atoms with E-state index in [0.29, 0.717) is 40.2 Å². The standard InChI is InChI=1S/C27H22N2O6/c1-3-5-22-12-19(13-23(16-28)20-8-10-21(11-9-20)27(30)31)15-25(34-2)26(22)35-17-18-6-4-7-24(14-18)29(32)33/h3-4,6-15H,1,5,17H2,2H3,(H,30,31). The summed E-state index contributed by atoms with van der Waals surface area (Å²) in [5.41, 5.74) is 3.10. The largest absolute Gasteiger partial charge is 0.493 e. The van der Waals surface area contributed by atoms with Crippen molar-refractivity contribution in [2.45, 2.75) is 13.0 Å². The average Bonchev–Trinajstić information content (AvgIpc) is 2.86. The van der Waals surface area contributed by atoms with Crippen LogP contribution in [0.5, 0.6) is 11.5 Å². The van der Waals surface area contributed by atoms with Gasteiger partial charge < -0.3 is 14.6 Å². The van der Waals surface area contributed by atoms with Crippen LogP contribution >= 0.6 is 0 Å². The molecule has 3 aromatic carbocycles. The first-order chi connectivity index (χ1) is 16.9. The summed E-state index contributed by atoms with van der Waals surface area (Å²) in [5, 5.41) is 29.8. The van der Waals surface area contributed by atoms with Crippen molar-refractivity contribution < 1.29 is 24.3 Å². The molecule has 8 heteroatoms. The number of allylic oxidation sites excluding steroid dienone is 2. The van der Waals surface area contributed by atoms with Crippen LogP contribution in [-0.2, 0) is 13.0 Å². The molecule has 3 aromatic rings. The van der Waals surface area contributed by atoms with Crippen LogP contribution in [0, 0.1) is 21.4 Å². The van der Waals surface area contributed by atoms with Crippen molar-refractivity contribution in [3.63, 3.8) is 0 Å². The van der Waals surface area contributed by atoms with Gasteiger partial charge >= 0.3 is 5.97 Å². The average molecular weight is 470 g/mol. The zero-order valence-electron chi connectivity index (χ0n) is 18.9. The minimum absolute atomic E-state index is 0.0229. The highest BCUT2D eigenvalue weighted by Crippen LogP contribution is 2.35. The van der Waals surface area contributed by atoms with E-state index >= 15 is 0 Å². The summed E-state index contributed by atoms with van der Waals surface area (Å²) < 4.78 is 11.5. The highest BCUT2D eigenvalue weighted by Gasteiger charge is 2.14. The quantitative estimate of drug-likeness (QED) is 0.133. The summed E-state index contributed by atoms with van der Waals surface area (Å²) in [6.07, 6.45) is 3.84. The summed E-state index contributed by atoms with van der Waals surface area (Å²) in [5.74, 6) is -0.140. The number of hydrogen-bond donors (Lipinski definition) is 1. The van der Waals surface area contributed by atoms with Crippen LogP contribution in [0.4, 0.5) is 5.69 Å². The molecule has 176 valence electrons. The van der Waals surface area contributed by atoms with Gasteiger partial charge in [0.2, 0.25) is 0 Å². The second kappa shape index (κ2) is 11.3. The van der Waals surface area contributed by atoms with Crippen molar-refractivity contribution in [3.05, 3.63) is 111 Å². The van der Waals surface area contributed by atoms with Crippen LogP contribution in [-0.4, -0.2) is 23.1 Å². The maximum Gasteiger partial charge on any atom is 0.335 e. The minimum Gasteiger partial charge on any atom is -0.493 e. The number of non-ortho nitro benzene ring substituents is 1. The lowest BCUT2D eigenvalue weighted by atomic mass is 10.00. The fourth-order valence-electron chi connectivity index (χ4n) is 3.44. The van der Waals surface area contributed by atoms with Gasteiger partial charge in [-0.3, -0.25) is 10.1 Å². The Balaban J connectivity index is 1.96. The smallest absolute Gasteiger partial charge is 0.335 e. The Morgan fingerprint density at radius 3 is 2.49 bits per heavy atom. The van der Waals surface area contributed by atoms with Gasteiger partial charge in [-0.1, -0.05) is 30.3 Å². The fraction of sp³-hybridized carbons (Fsp3) is 0.111. The molecular weight excluding hydrogens is 448 g/mol. The number of hydrogen-bond acceptors (Lipinski definition) is 6. The number of methoxy groups -OCH3 is 1. The molecule has 0 aliphatic rings. The van der Waals surface area contributed by atoms with Gasteiger partial charge in [-0.15, -0.1) is 6.58 Å². The van der Waals surface area contributed by atoms with Crippen molar-refractivity contribution in [3.8, 4) is 17.6 Å². The Morgan fingerprint density at radius 1 is 1.17 bits per heavy atom. The lowest BCUT2D eigenvalue weighted by molar-refractivity contribution is -0.384. The number of nitriles is 1. The molecule has 0 aliphatic carbocycles. The number of carboxylic acid groups (broad SMARTS) is 1. The number of carbonyl (C=O) groups is 1. The van der Waals surface area contributed by atoms with Gasteiger partial charge in [-0.2, -0.15) is 5.26 Å². The second-order valence-corrected chi connectivity index (χ2v) is 7.47. The summed E-state index contributed by atoms with van der Waals surface area (Å²) in [4.78, 5) is 21.7. The van der Waals surface area contributed by atoms with E-state index in [1.165, 1.54) is 31.4 Å². The predicted octanol–water partition coefficient (Wildman–Crippen LogP) is 5.67. The number of benzene rings is 3. The molecule has 0 amide bonds. The van der Waals surface area contributed by atoms with Crippen LogP contribution in [0.1, 0.15) is 32.6 Å². The van der Waals surface area contributed by atoms with E-state index in [2.05, 4.69) is 12.6 Å². The molecule has 0 aromatic heterocycles. The van der Waals surface area contributed by atoms with Gasteiger partial charge in [-0.05, 0) is 53.5 Å². The second-order valence-electron chi connectivity index (χ2n) is 7.47. The Bertz CT molecular complexity index is 1340. The molecule has 35 heavy (non-hydrogen) atoms. The molecular formula is C27H22N2O6. The van der Waals surface area contributed by atoms with Crippen LogP contribution in [0.3, 0.4) is 0 Å². The molecule has 0 radical (unpaired) electrons. The van der Waals surface area contributed by atoms with E-state index in [9.17, 15) is 20.2 Å². The Hall–Kier alpha value is -4.90. The van der Waals surface area contributed by atoms with E-state index in [4.69, 9.17) is 14.6 Å². The monoisotopic (exact) mass is 470 g/mol. The van der Waals surface area contributed by atoms with Crippen molar-refractivity contribution in [1.82, 2.24) is 0 Å². The third kappa shape index (κ3) is 6.12. The number of nitrogens with zero attached hydrogens (tertiary/aromatic N) is 2. The predicted molar refractivity (Wildman–Crippen MR) is 131 cm³/mol. The first kappa shape index (κ1) is 24.7. The number of aromatic carboxylic acids is 1. The molecule has 0 fully saturated rings. The molecule has 3 rings (SSSR count). The molecule has 0 bridgehead atoms. The molecule has 0 unspecified atom stereocenters. The number of carboxylic acids is 1. The van der Waals surface area contributed by atoms with Crippen molar-refractivity contribution in [1.29, 1.82) is 5.26 Å². The van der Waals surface area contributed by atoms with Gasteiger partial charge in [0.1, 0.15) is 6.61 Å². The van der Waals surface area contributed by atoms with Crippen molar-refractivity contribution in [2.75, 3.05) is 7.11 Å². The first-order valence-electron chi connectivity index (χ1n) is 10.5. The Labute approximate surface area is 202 Å². The summed E-state index contributed by atoms with van der Waals surface area (Å²) in [6.45, 7) is 3.89. The molecule has 0 saturated carbocycles. The molecule has 1 N–H and O–H groups in total. The molecule has 0 spiro atoms. The maximum atomic E-state index is 11.1. The third-order valence-electron chi connectivity index (χ3n) is 5.12. The number of nitro groups is 1. The Kier molecular flexibility index (Phi) is 7.98. The number of nitro benzene ring substituents is 1. The SMILES string of the molecule is C=CCc1cc(C=C(C#N)c2ccc(C(=O)O)cc2)cc(OC)c1OCc1cccc([N+](=O)[O-])c1.